The number of aryl methyl sites for hydroxylation is 2. The number of aromatic nitrogens is 2. The van der Waals surface area contributed by atoms with Gasteiger partial charge < -0.3 is 9.15 Å². The van der Waals surface area contributed by atoms with E-state index in [0.29, 0.717) is 11.1 Å². The highest BCUT2D eigenvalue weighted by atomic mass is 16.5. The molecule has 0 saturated carbocycles. The maximum atomic E-state index is 11.9. The fraction of sp³-hybridized carbons (Fsp3) is 0.176. The van der Waals surface area contributed by atoms with Gasteiger partial charge in [0.15, 0.2) is 5.69 Å². The molecule has 0 amide bonds. The van der Waals surface area contributed by atoms with Crippen LogP contribution >= 0.6 is 0 Å². The number of carbonyl (C=O) groups is 1. The molecule has 3 aromatic rings. The molecule has 0 aliphatic heterocycles. The molecule has 0 atom stereocenters. The van der Waals surface area contributed by atoms with Crippen molar-refractivity contribution < 1.29 is 13.9 Å². The maximum absolute atomic E-state index is 11.9. The van der Waals surface area contributed by atoms with Crippen LogP contribution in [0.5, 0.6) is 0 Å². The van der Waals surface area contributed by atoms with Gasteiger partial charge in [0.05, 0.1) is 6.20 Å². The predicted octanol–water partition coefficient (Wildman–Crippen LogP) is 2.56. The molecule has 0 N–H and O–H groups in total. The van der Waals surface area contributed by atoms with E-state index >= 15 is 0 Å². The molecule has 3 rings (SSSR count). The smallest absolute Gasteiger partial charge is 0.358 e. The summed E-state index contributed by atoms with van der Waals surface area (Å²) in [6.07, 6.45) is 4.21. The Morgan fingerprint density at radius 2 is 2.09 bits per heavy atom. The molecule has 2 aromatic heterocycles. The Kier molecular flexibility index (Phi) is 3.89. The Balaban J connectivity index is 1.93. The lowest BCUT2D eigenvalue weighted by molar-refractivity contribution is 0.0466. The van der Waals surface area contributed by atoms with Crippen molar-refractivity contribution in [1.29, 1.82) is 0 Å². The van der Waals surface area contributed by atoms with Crippen LogP contribution in [0.25, 0.3) is 11.0 Å². The van der Waals surface area contributed by atoms with Crippen molar-refractivity contribution in [1.82, 2.24) is 9.97 Å². The molecule has 0 aliphatic rings. The maximum Gasteiger partial charge on any atom is 0.358 e. The first-order valence-corrected chi connectivity index (χ1v) is 7.02. The fourth-order valence-electron chi connectivity index (χ4n) is 2.27. The predicted molar refractivity (Wildman–Crippen MR) is 83.1 cm³/mol. The molecule has 0 radical (unpaired) electrons. The molecule has 6 heteroatoms. The summed E-state index contributed by atoms with van der Waals surface area (Å²) < 4.78 is 10.5. The minimum atomic E-state index is -0.594. The Morgan fingerprint density at radius 1 is 1.26 bits per heavy atom. The first-order chi connectivity index (χ1) is 11.1. The van der Waals surface area contributed by atoms with Crippen LogP contribution in [-0.4, -0.2) is 15.9 Å². The van der Waals surface area contributed by atoms with Crippen LogP contribution in [-0.2, 0) is 11.3 Å². The third-order valence-corrected chi connectivity index (χ3v) is 3.65. The van der Waals surface area contributed by atoms with Gasteiger partial charge in [-0.1, -0.05) is 12.1 Å². The molecular weight excluding hydrogens is 296 g/mol. The zero-order valence-corrected chi connectivity index (χ0v) is 12.7. The largest absolute Gasteiger partial charge is 0.456 e. The number of esters is 1. The van der Waals surface area contributed by atoms with Gasteiger partial charge >= 0.3 is 11.6 Å². The molecule has 1 aromatic carbocycles. The van der Waals surface area contributed by atoms with Crippen LogP contribution in [0.15, 0.2) is 46.0 Å². The lowest BCUT2D eigenvalue weighted by Crippen LogP contribution is -2.09. The van der Waals surface area contributed by atoms with Gasteiger partial charge in [0.2, 0.25) is 0 Å². The van der Waals surface area contributed by atoms with Crippen LogP contribution in [0, 0.1) is 13.8 Å². The van der Waals surface area contributed by atoms with Gasteiger partial charge in [0, 0.05) is 29.4 Å². The molecule has 0 spiro atoms. The number of benzene rings is 1. The van der Waals surface area contributed by atoms with Gasteiger partial charge in [0.25, 0.3) is 0 Å². The van der Waals surface area contributed by atoms with E-state index in [-0.39, 0.29) is 12.3 Å². The average Bonchev–Trinajstić information content (AvgIpc) is 2.57. The monoisotopic (exact) mass is 310 g/mol. The highest BCUT2D eigenvalue weighted by molar-refractivity contribution is 5.87. The van der Waals surface area contributed by atoms with Gasteiger partial charge in [-0.2, -0.15) is 0 Å². The lowest BCUT2D eigenvalue weighted by atomic mass is 10.0. The van der Waals surface area contributed by atoms with Gasteiger partial charge in [-0.25, -0.2) is 14.6 Å². The summed E-state index contributed by atoms with van der Waals surface area (Å²) in [7, 11) is 0. The summed E-state index contributed by atoms with van der Waals surface area (Å²) in [4.78, 5) is 31.4. The molecular formula is C17H14N2O4. The van der Waals surface area contributed by atoms with E-state index < -0.39 is 11.6 Å². The van der Waals surface area contributed by atoms with E-state index in [9.17, 15) is 9.59 Å². The second-order valence-corrected chi connectivity index (χ2v) is 5.14. The highest BCUT2D eigenvalue weighted by Crippen LogP contribution is 2.23. The zero-order chi connectivity index (χ0) is 16.4. The molecule has 116 valence electrons. The molecule has 0 unspecified atom stereocenters. The fourth-order valence-corrected chi connectivity index (χ4v) is 2.27. The van der Waals surface area contributed by atoms with Crippen molar-refractivity contribution in [2.75, 3.05) is 0 Å². The third-order valence-electron chi connectivity index (χ3n) is 3.65. The minimum absolute atomic E-state index is 0.0417. The first-order valence-electron chi connectivity index (χ1n) is 7.02. The second-order valence-electron chi connectivity index (χ2n) is 5.14. The van der Waals surface area contributed by atoms with Crippen LogP contribution in [0.3, 0.4) is 0 Å². The van der Waals surface area contributed by atoms with Crippen molar-refractivity contribution in [2.45, 2.75) is 20.5 Å². The zero-order valence-electron chi connectivity index (χ0n) is 12.7. The lowest BCUT2D eigenvalue weighted by Gasteiger charge is -2.09. The van der Waals surface area contributed by atoms with E-state index in [1.54, 1.807) is 0 Å². The number of hydrogen-bond acceptors (Lipinski definition) is 6. The van der Waals surface area contributed by atoms with Gasteiger partial charge in [-0.15, -0.1) is 0 Å². The number of hydrogen-bond donors (Lipinski definition) is 0. The number of nitrogens with zero attached hydrogens (tertiary/aromatic N) is 2. The van der Waals surface area contributed by atoms with Crippen molar-refractivity contribution >= 4 is 16.9 Å². The van der Waals surface area contributed by atoms with Crippen LogP contribution in [0.1, 0.15) is 27.2 Å². The van der Waals surface area contributed by atoms with E-state index in [4.69, 9.17) is 9.15 Å². The van der Waals surface area contributed by atoms with Gasteiger partial charge in [-0.3, -0.25) is 4.98 Å². The number of carbonyl (C=O) groups excluding carboxylic acids is 1. The minimum Gasteiger partial charge on any atom is -0.456 e. The number of ether oxygens (including phenoxy) is 1. The number of rotatable bonds is 3. The second kappa shape index (κ2) is 6.00. The van der Waals surface area contributed by atoms with E-state index in [0.717, 1.165) is 16.5 Å². The standard InChI is InChI=1S/C17H14N2O4/c1-10-3-4-13-12(7-15(20)23-16(13)11(10)2)9-22-17(21)14-8-18-5-6-19-14/h3-8H,9H2,1-2H3. The van der Waals surface area contributed by atoms with E-state index in [1.807, 2.05) is 26.0 Å². The first kappa shape index (κ1) is 14.9. The molecule has 0 aliphatic carbocycles. The summed E-state index contributed by atoms with van der Waals surface area (Å²) in [6.45, 7) is 3.78. The third kappa shape index (κ3) is 2.96. The molecule has 23 heavy (non-hydrogen) atoms. The Labute approximate surface area is 131 Å². The molecule has 0 bridgehead atoms. The quantitative estimate of drug-likeness (QED) is 0.546. The summed E-state index contributed by atoms with van der Waals surface area (Å²) in [6, 6.07) is 5.12. The highest BCUT2D eigenvalue weighted by Gasteiger charge is 2.13. The molecule has 6 nitrogen and oxygen atoms in total. The summed E-state index contributed by atoms with van der Waals surface area (Å²) in [5, 5.41) is 0.750. The van der Waals surface area contributed by atoms with Crippen LogP contribution in [0.2, 0.25) is 0 Å². The Hall–Kier alpha value is -3.02. The van der Waals surface area contributed by atoms with Crippen molar-refractivity contribution in [3.63, 3.8) is 0 Å². The Morgan fingerprint density at radius 3 is 2.83 bits per heavy atom. The molecule has 0 saturated heterocycles. The normalized spacial score (nSPS) is 10.7. The topological polar surface area (TPSA) is 82.3 Å². The summed E-state index contributed by atoms with van der Waals surface area (Å²) in [5.74, 6) is -0.594. The Bertz CT molecular complexity index is 932. The van der Waals surface area contributed by atoms with Crippen molar-refractivity contribution in [3.05, 3.63) is 69.6 Å². The van der Waals surface area contributed by atoms with E-state index in [2.05, 4.69) is 9.97 Å². The summed E-state index contributed by atoms with van der Waals surface area (Å²) in [5.41, 5.74) is 2.67. The average molecular weight is 310 g/mol. The number of fused-ring (bicyclic) bond motifs is 1. The van der Waals surface area contributed by atoms with Crippen LogP contribution < -0.4 is 5.63 Å². The van der Waals surface area contributed by atoms with Crippen molar-refractivity contribution in [2.24, 2.45) is 0 Å². The molecule has 0 fully saturated rings. The molecule has 2 heterocycles. The summed E-state index contributed by atoms with van der Waals surface area (Å²) >= 11 is 0. The van der Waals surface area contributed by atoms with Gasteiger partial charge in [-0.05, 0) is 25.0 Å². The van der Waals surface area contributed by atoms with E-state index in [1.165, 1.54) is 24.7 Å². The van der Waals surface area contributed by atoms with Gasteiger partial charge in [0.1, 0.15) is 12.2 Å². The SMILES string of the molecule is Cc1ccc2c(COC(=O)c3cnccn3)cc(=O)oc2c1C. The van der Waals surface area contributed by atoms with Crippen LogP contribution in [0.4, 0.5) is 0 Å². The van der Waals surface area contributed by atoms with Crippen molar-refractivity contribution in [3.8, 4) is 0 Å².